The van der Waals surface area contributed by atoms with Gasteiger partial charge < -0.3 is 10.6 Å². The molecule has 1 saturated heterocycles. The Bertz CT molecular complexity index is 798. The molecule has 1 aliphatic heterocycles. The average Bonchev–Trinajstić information content (AvgIpc) is 2.88. The highest BCUT2D eigenvalue weighted by Gasteiger charge is 2.28. The van der Waals surface area contributed by atoms with Crippen LogP contribution in [0.15, 0.2) is 30.5 Å². The molecule has 1 fully saturated rings. The highest BCUT2D eigenvalue weighted by atomic mass is 35.5. The monoisotopic (exact) mass is 367 g/mol. The summed E-state index contributed by atoms with van der Waals surface area (Å²) in [5.74, 6) is 1.26. The van der Waals surface area contributed by atoms with E-state index >= 15 is 0 Å². The van der Waals surface area contributed by atoms with Crippen molar-refractivity contribution in [1.82, 2.24) is 15.2 Å². The van der Waals surface area contributed by atoms with Gasteiger partial charge in [0, 0.05) is 17.6 Å². The van der Waals surface area contributed by atoms with Crippen LogP contribution in [0, 0.1) is 0 Å². The third-order valence-electron chi connectivity index (χ3n) is 3.76. The van der Waals surface area contributed by atoms with Gasteiger partial charge in [-0.2, -0.15) is 10.1 Å². The lowest BCUT2D eigenvalue weighted by atomic mass is 10.1. The molecule has 24 heavy (non-hydrogen) atoms. The van der Waals surface area contributed by atoms with Gasteiger partial charge in [0.15, 0.2) is 15.7 Å². The van der Waals surface area contributed by atoms with Crippen LogP contribution in [0.3, 0.4) is 0 Å². The second kappa shape index (κ2) is 7.31. The maximum atomic E-state index is 11.5. The van der Waals surface area contributed by atoms with Gasteiger partial charge in [0.2, 0.25) is 5.95 Å². The molecule has 9 heteroatoms. The van der Waals surface area contributed by atoms with Crippen molar-refractivity contribution in [2.45, 2.75) is 18.9 Å². The first-order chi connectivity index (χ1) is 11.5. The van der Waals surface area contributed by atoms with Crippen molar-refractivity contribution in [2.75, 3.05) is 28.7 Å². The molecule has 1 aromatic heterocycles. The molecule has 0 bridgehead atoms. The number of sulfone groups is 1. The van der Waals surface area contributed by atoms with E-state index in [2.05, 4.69) is 25.8 Å². The molecule has 2 N–H and O–H groups in total. The number of aromatic nitrogens is 3. The van der Waals surface area contributed by atoms with Crippen LogP contribution in [-0.2, 0) is 16.3 Å². The zero-order chi connectivity index (χ0) is 17.0. The lowest BCUT2D eigenvalue weighted by molar-refractivity contribution is 0.602. The molecule has 3 rings (SSSR count). The second-order valence-corrected chi connectivity index (χ2v) is 8.38. The zero-order valence-corrected chi connectivity index (χ0v) is 14.5. The molecular weight excluding hydrogens is 350 g/mol. The Balaban J connectivity index is 1.52. The van der Waals surface area contributed by atoms with Crippen LogP contribution in [-0.4, -0.2) is 47.7 Å². The molecule has 2 heterocycles. The van der Waals surface area contributed by atoms with Crippen molar-refractivity contribution < 1.29 is 8.42 Å². The lowest BCUT2D eigenvalue weighted by Crippen LogP contribution is -2.22. The highest BCUT2D eigenvalue weighted by Crippen LogP contribution is 2.15. The van der Waals surface area contributed by atoms with Crippen molar-refractivity contribution in [3.8, 4) is 0 Å². The SMILES string of the molecule is O=S1(=O)CCC(Nc2nncc(NCCc3ccc(Cl)cc3)n2)C1. The largest absolute Gasteiger partial charge is 0.368 e. The summed E-state index contributed by atoms with van der Waals surface area (Å²) in [7, 11) is -2.94. The van der Waals surface area contributed by atoms with Crippen LogP contribution in [0.5, 0.6) is 0 Å². The standard InChI is InChI=1S/C15H18ClN5O2S/c16-12-3-1-11(2-4-12)5-7-17-14-9-18-21-15(20-14)19-13-6-8-24(22,23)10-13/h1-4,9,13H,5-8,10H2,(H2,17,19,20,21). The van der Waals surface area contributed by atoms with E-state index in [1.54, 1.807) is 6.20 Å². The number of hydrogen-bond acceptors (Lipinski definition) is 7. The summed E-state index contributed by atoms with van der Waals surface area (Å²) in [6.07, 6.45) is 2.93. The van der Waals surface area contributed by atoms with E-state index < -0.39 is 9.84 Å². The fourth-order valence-corrected chi connectivity index (χ4v) is 4.33. The first-order valence-electron chi connectivity index (χ1n) is 7.65. The highest BCUT2D eigenvalue weighted by molar-refractivity contribution is 7.91. The molecule has 7 nitrogen and oxygen atoms in total. The van der Waals surface area contributed by atoms with Gasteiger partial charge in [-0.15, -0.1) is 5.10 Å². The Kier molecular flexibility index (Phi) is 5.15. The maximum Gasteiger partial charge on any atom is 0.244 e. The number of nitrogens with one attached hydrogen (secondary N) is 2. The predicted molar refractivity (Wildman–Crippen MR) is 94.2 cm³/mol. The number of anilines is 2. The topological polar surface area (TPSA) is 96.9 Å². The second-order valence-electron chi connectivity index (χ2n) is 5.71. The minimum atomic E-state index is -2.94. The first kappa shape index (κ1) is 16.9. The number of nitrogens with zero attached hydrogens (tertiary/aromatic N) is 3. The van der Waals surface area contributed by atoms with Crippen molar-refractivity contribution in [1.29, 1.82) is 0 Å². The molecule has 0 aliphatic carbocycles. The van der Waals surface area contributed by atoms with Gasteiger partial charge in [0.25, 0.3) is 0 Å². The van der Waals surface area contributed by atoms with Crippen LogP contribution in [0.25, 0.3) is 0 Å². The number of benzene rings is 1. The molecule has 128 valence electrons. The van der Waals surface area contributed by atoms with Crippen LogP contribution in [0.2, 0.25) is 5.02 Å². The van der Waals surface area contributed by atoms with Gasteiger partial charge >= 0.3 is 0 Å². The fraction of sp³-hybridized carbons (Fsp3) is 0.400. The smallest absolute Gasteiger partial charge is 0.244 e. The van der Waals surface area contributed by atoms with Gasteiger partial charge in [-0.25, -0.2) is 8.42 Å². The summed E-state index contributed by atoms with van der Waals surface area (Å²) in [5.41, 5.74) is 1.17. The third-order valence-corrected chi connectivity index (χ3v) is 5.78. The predicted octanol–water partition coefficient (Wildman–Crippen LogP) is 1.78. The van der Waals surface area contributed by atoms with Crippen molar-refractivity contribution in [3.63, 3.8) is 0 Å². The zero-order valence-electron chi connectivity index (χ0n) is 12.9. The Morgan fingerprint density at radius 1 is 1.25 bits per heavy atom. The molecule has 0 radical (unpaired) electrons. The summed E-state index contributed by atoms with van der Waals surface area (Å²) in [5, 5.41) is 14.7. The van der Waals surface area contributed by atoms with Gasteiger partial charge in [-0.05, 0) is 30.5 Å². The summed E-state index contributed by atoms with van der Waals surface area (Å²) in [4.78, 5) is 4.32. The first-order valence-corrected chi connectivity index (χ1v) is 9.85. The minimum Gasteiger partial charge on any atom is -0.368 e. The summed E-state index contributed by atoms with van der Waals surface area (Å²) in [6.45, 7) is 0.692. The minimum absolute atomic E-state index is 0.116. The maximum absolute atomic E-state index is 11.5. The third kappa shape index (κ3) is 4.78. The van der Waals surface area contributed by atoms with Gasteiger partial charge in [-0.3, -0.25) is 0 Å². The van der Waals surface area contributed by atoms with E-state index in [1.807, 2.05) is 24.3 Å². The van der Waals surface area contributed by atoms with E-state index in [0.717, 1.165) is 11.4 Å². The Labute approximate surface area is 145 Å². The molecule has 1 aliphatic rings. The lowest BCUT2D eigenvalue weighted by Gasteiger charge is -2.11. The Morgan fingerprint density at radius 3 is 2.75 bits per heavy atom. The molecule has 0 amide bonds. The molecule has 0 spiro atoms. The Hall–Kier alpha value is -1.93. The molecule has 1 unspecified atom stereocenters. The number of hydrogen-bond donors (Lipinski definition) is 2. The van der Waals surface area contributed by atoms with Crippen LogP contribution < -0.4 is 10.6 Å². The van der Waals surface area contributed by atoms with Gasteiger partial charge in [-0.1, -0.05) is 23.7 Å². The van der Waals surface area contributed by atoms with Gasteiger partial charge in [0.1, 0.15) is 0 Å². The quantitative estimate of drug-likeness (QED) is 0.803. The van der Waals surface area contributed by atoms with Crippen molar-refractivity contribution in [2.24, 2.45) is 0 Å². The molecule has 1 atom stereocenters. The van der Waals surface area contributed by atoms with E-state index in [1.165, 1.54) is 5.56 Å². The van der Waals surface area contributed by atoms with Crippen LogP contribution in [0.1, 0.15) is 12.0 Å². The average molecular weight is 368 g/mol. The summed E-state index contributed by atoms with van der Waals surface area (Å²) < 4.78 is 23.0. The van der Waals surface area contributed by atoms with Crippen LogP contribution >= 0.6 is 11.6 Å². The molecular formula is C15H18ClN5O2S. The van der Waals surface area contributed by atoms with Crippen molar-refractivity contribution >= 4 is 33.2 Å². The summed E-state index contributed by atoms with van der Waals surface area (Å²) >= 11 is 5.86. The van der Waals surface area contributed by atoms with E-state index in [-0.39, 0.29) is 17.5 Å². The summed E-state index contributed by atoms with van der Waals surface area (Å²) in [6, 6.07) is 7.54. The van der Waals surface area contributed by atoms with Crippen molar-refractivity contribution in [3.05, 3.63) is 41.0 Å². The van der Waals surface area contributed by atoms with E-state index in [9.17, 15) is 8.42 Å². The van der Waals surface area contributed by atoms with Gasteiger partial charge in [0.05, 0.1) is 17.7 Å². The fourth-order valence-electron chi connectivity index (χ4n) is 2.53. The number of halogens is 1. The van der Waals surface area contributed by atoms with Crippen LogP contribution in [0.4, 0.5) is 11.8 Å². The number of rotatable bonds is 6. The van der Waals surface area contributed by atoms with E-state index in [4.69, 9.17) is 11.6 Å². The normalized spacial score (nSPS) is 19.1. The molecule has 2 aromatic rings. The Morgan fingerprint density at radius 2 is 2.04 bits per heavy atom. The van der Waals surface area contributed by atoms with E-state index in [0.29, 0.717) is 24.7 Å². The molecule has 1 aromatic carbocycles. The molecule has 0 saturated carbocycles.